The van der Waals surface area contributed by atoms with Crippen molar-refractivity contribution in [1.82, 2.24) is 15.2 Å². The second kappa shape index (κ2) is 10.7. The van der Waals surface area contributed by atoms with Gasteiger partial charge in [0.15, 0.2) is 0 Å². The van der Waals surface area contributed by atoms with Crippen LogP contribution in [0.2, 0.25) is 0 Å². The minimum Gasteiger partial charge on any atom is -0.353 e. The van der Waals surface area contributed by atoms with Gasteiger partial charge in [0.05, 0.1) is 5.75 Å². The Labute approximate surface area is 194 Å². The maximum atomic E-state index is 12.4. The number of fused-ring (bicyclic) bond motifs is 1. The average Bonchev–Trinajstić information content (AvgIpc) is 3.16. The molecule has 0 aliphatic heterocycles. The van der Waals surface area contributed by atoms with Gasteiger partial charge in [0.25, 0.3) is 5.91 Å². The molecule has 1 saturated carbocycles. The van der Waals surface area contributed by atoms with Gasteiger partial charge in [0.1, 0.15) is 0 Å². The zero-order chi connectivity index (χ0) is 22.3. The van der Waals surface area contributed by atoms with E-state index in [2.05, 4.69) is 33.5 Å². The highest BCUT2D eigenvalue weighted by molar-refractivity contribution is 8.00. The Balaban J connectivity index is 1.35. The van der Waals surface area contributed by atoms with Crippen molar-refractivity contribution in [2.75, 3.05) is 12.3 Å². The van der Waals surface area contributed by atoms with Crippen molar-refractivity contribution < 1.29 is 9.59 Å². The van der Waals surface area contributed by atoms with E-state index in [9.17, 15) is 9.59 Å². The number of amides is 2. The van der Waals surface area contributed by atoms with Crippen LogP contribution in [0.1, 0.15) is 48.0 Å². The number of carbonyl (C=O) groups excluding carboxylic acids is 2. The van der Waals surface area contributed by atoms with E-state index in [0.717, 1.165) is 34.2 Å². The average molecular weight is 450 g/mol. The van der Waals surface area contributed by atoms with Crippen LogP contribution >= 0.6 is 11.8 Å². The minimum atomic E-state index is -0.0598. The van der Waals surface area contributed by atoms with Crippen molar-refractivity contribution in [1.29, 1.82) is 0 Å². The molecule has 1 heterocycles. The van der Waals surface area contributed by atoms with Gasteiger partial charge in [-0.05, 0) is 38.0 Å². The Morgan fingerprint density at radius 3 is 2.56 bits per heavy atom. The second-order valence-electron chi connectivity index (χ2n) is 8.52. The molecule has 2 N–H and O–H groups in total. The number of para-hydroxylation sites is 1. The van der Waals surface area contributed by atoms with Crippen LogP contribution in [0.5, 0.6) is 0 Å². The van der Waals surface area contributed by atoms with Gasteiger partial charge in [-0.3, -0.25) is 9.59 Å². The standard InChI is InChI=1S/C26H31N3O2S/c1-19-11-13-20(14-12-19)26(31)27-15-16-29-17-24(22-9-5-6-10-23(22)29)32-18-25(30)28-21-7-3-2-4-8-21/h5-6,9-14,17,21H,2-4,7-8,15-16,18H2,1H3,(H,27,31)(H,28,30). The summed E-state index contributed by atoms with van der Waals surface area (Å²) < 4.78 is 2.16. The molecule has 4 rings (SSSR count). The van der Waals surface area contributed by atoms with E-state index in [0.29, 0.717) is 30.4 Å². The molecule has 1 aliphatic rings. The Morgan fingerprint density at radius 1 is 1.03 bits per heavy atom. The van der Waals surface area contributed by atoms with E-state index in [1.54, 1.807) is 11.8 Å². The van der Waals surface area contributed by atoms with E-state index in [1.165, 1.54) is 19.3 Å². The SMILES string of the molecule is Cc1ccc(C(=O)NCCn2cc(SCC(=O)NC3CCCCC3)c3ccccc32)cc1. The molecule has 0 atom stereocenters. The number of nitrogens with one attached hydrogen (secondary N) is 2. The summed E-state index contributed by atoms with van der Waals surface area (Å²) in [5.41, 5.74) is 2.93. The quantitative estimate of drug-likeness (QED) is 0.480. The molecule has 2 amide bonds. The largest absolute Gasteiger partial charge is 0.353 e. The molecule has 3 aromatic rings. The summed E-state index contributed by atoms with van der Waals surface area (Å²) in [7, 11) is 0. The van der Waals surface area contributed by atoms with Gasteiger partial charge in [-0.2, -0.15) is 0 Å². The fourth-order valence-corrected chi connectivity index (χ4v) is 5.17. The highest BCUT2D eigenvalue weighted by Crippen LogP contribution is 2.30. The van der Waals surface area contributed by atoms with Crippen LogP contribution in [0, 0.1) is 6.92 Å². The third-order valence-electron chi connectivity index (χ3n) is 6.03. The highest BCUT2D eigenvalue weighted by atomic mass is 32.2. The molecule has 0 unspecified atom stereocenters. The minimum absolute atomic E-state index is 0.0598. The second-order valence-corrected chi connectivity index (χ2v) is 9.53. The van der Waals surface area contributed by atoms with E-state index < -0.39 is 0 Å². The van der Waals surface area contributed by atoms with Crippen LogP contribution in [0.15, 0.2) is 59.6 Å². The summed E-state index contributed by atoms with van der Waals surface area (Å²) in [6, 6.07) is 16.2. The van der Waals surface area contributed by atoms with Crippen LogP contribution in [-0.2, 0) is 11.3 Å². The first-order chi connectivity index (χ1) is 15.6. The van der Waals surface area contributed by atoms with Crippen molar-refractivity contribution >= 4 is 34.5 Å². The monoisotopic (exact) mass is 449 g/mol. The van der Waals surface area contributed by atoms with Crippen molar-refractivity contribution in [3.8, 4) is 0 Å². The number of hydrogen-bond acceptors (Lipinski definition) is 3. The Morgan fingerprint density at radius 2 is 1.78 bits per heavy atom. The molecule has 0 spiro atoms. The maximum absolute atomic E-state index is 12.4. The van der Waals surface area contributed by atoms with Gasteiger partial charge < -0.3 is 15.2 Å². The van der Waals surface area contributed by atoms with Crippen molar-refractivity contribution in [2.45, 2.75) is 56.5 Å². The Kier molecular flexibility index (Phi) is 7.53. The summed E-state index contributed by atoms with van der Waals surface area (Å²) in [4.78, 5) is 25.9. The first-order valence-electron chi connectivity index (χ1n) is 11.4. The predicted octanol–water partition coefficient (Wildman–Crippen LogP) is 4.92. The van der Waals surface area contributed by atoms with E-state index in [-0.39, 0.29) is 11.8 Å². The zero-order valence-corrected chi connectivity index (χ0v) is 19.4. The van der Waals surface area contributed by atoms with Gasteiger partial charge >= 0.3 is 0 Å². The lowest BCUT2D eigenvalue weighted by Gasteiger charge is -2.22. The molecule has 6 heteroatoms. The van der Waals surface area contributed by atoms with Crippen LogP contribution < -0.4 is 10.6 Å². The fourth-order valence-electron chi connectivity index (χ4n) is 4.27. The number of hydrogen-bond donors (Lipinski definition) is 2. The summed E-state index contributed by atoms with van der Waals surface area (Å²) in [6.45, 7) is 3.22. The third-order valence-corrected chi connectivity index (χ3v) is 7.08. The number of thioether (sulfide) groups is 1. The smallest absolute Gasteiger partial charge is 0.251 e. The molecule has 0 saturated heterocycles. The Hall–Kier alpha value is -2.73. The van der Waals surface area contributed by atoms with Crippen LogP contribution in [-0.4, -0.2) is 34.7 Å². The molecule has 168 valence electrons. The molecule has 1 fully saturated rings. The van der Waals surface area contributed by atoms with Crippen LogP contribution in [0.3, 0.4) is 0 Å². The molecule has 32 heavy (non-hydrogen) atoms. The van der Waals surface area contributed by atoms with Gasteiger partial charge in [-0.15, -0.1) is 11.8 Å². The van der Waals surface area contributed by atoms with Gasteiger partial charge in [-0.25, -0.2) is 0 Å². The molecule has 0 radical (unpaired) electrons. The summed E-state index contributed by atoms with van der Waals surface area (Å²) in [5, 5.41) is 7.35. The molecule has 1 aromatic heterocycles. The summed E-state index contributed by atoms with van der Waals surface area (Å²) in [6.07, 6.45) is 8.01. The molecular formula is C26H31N3O2S. The maximum Gasteiger partial charge on any atom is 0.251 e. The molecule has 5 nitrogen and oxygen atoms in total. The highest BCUT2D eigenvalue weighted by Gasteiger charge is 2.17. The lowest BCUT2D eigenvalue weighted by molar-refractivity contribution is -0.119. The molecule has 1 aliphatic carbocycles. The van der Waals surface area contributed by atoms with Gasteiger partial charge in [0.2, 0.25) is 5.91 Å². The zero-order valence-electron chi connectivity index (χ0n) is 18.6. The van der Waals surface area contributed by atoms with Gasteiger partial charge in [0, 0.05) is 46.7 Å². The van der Waals surface area contributed by atoms with E-state index >= 15 is 0 Å². The van der Waals surface area contributed by atoms with Gasteiger partial charge in [-0.1, -0.05) is 55.2 Å². The number of carbonyl (C=O) groups is 2. The summed E-state index contributed by atoms with van der Waals surface area (Å²) >= 11 is 1.59. The topological polar surface area (TPSA) is 63.1 Å². The first kappa shape index (κ1) is 22.5. The third kappa shape index (κ3) is 5.74. The van der Waals surface area contributed by atoms with Crippen molar-refractivity contribution in [2.24, 2.45) is 0 Å². The van der Waals surface area contributed by atoms with Crippen molar-refractivity contribution in [3.63, 3.8) is 0 Å². The van der Waals surface area contributed by atoms with E-state index in [4.69, 9.17) is 0 Å². The number of nitrogens with zero attached hydrogens (tertiary/aromatic N) is 1. The molecular weight excluding hydrogens is 418 g/mol. The Bertz CT molecular complexity index is 1070. The number of aromatic nitrogens is 1. The van der Waals surface area contributed by atoms with Crippen LogP contribution in [0.25, 0.3) is 10.9 Å². The lowest BCUT2D eigenvalue weighted by Crippen LogP contribution is -2.37. The molecule has 2 aromatic carbocycles. The van der Waals surface area contributed by atoms with Crippen molar-refractivity contribution in [3.05, 3.63) is 65.9 Å². The number of benzene rings is 2. The summed E-state index contributed by atoms with van der Waals surface area (Å²) in [5.74, 6) is 0.480. The number of rotatable bonds is 8. The lowest BCUT2D eigenvalue weighted by atomic mass is 9.95. The normalized spacial score (nSPS) is 14.4. The van der Waals surface area contributed by atoms with E-state index in [1.807, 2.05) is 43.3 Å². The number of aryl methyl sites for hydroxylation is 1. The fraction of sp³-hybridized carbons (Fsp3) is 0.385. The predicted molar refractivity (Wildman–Crippen MR) is 131 cm³/mol. The molecule has 0 bridgehead atoms. The van der Waals surface area contributed by atoms with Crippen LogP contribution in [0.4, 0.5) is 0 Å². The first-order valence-corrected chi connectivity index (χ1v) is 12.4.